The number of rotatable bonds is 3. The zero-order valence-corrected chi connectivity index (χ0v) is 14.9. The molecule has 1 atom stereocenters. The summed E-state index contributed by atoms with van der Waals surface area (Å²) in [5.74, 6) is 0.735. The summed E-state index contributed by atoms with van der Waals surface area (Å²) in [6.07, 6.45) is 2.45. The highest BCUT2D eigenvalue weighted by molar-refractivity contribution is 5.93. The van der Waals surface area contributed by atoms with Crippen LogP contribution in [0.15, 0.2) is 36.5 Å². The summed E-state index contributed by atoms with van der Waals surface area (Å²) < 4.78 is 11.2. The van der Waals surface area contributed by atoms with Crippen LogP contribution in [-0.2, 0) is 4.74 Å². The van der Waals surface area contributed by atoms with E-state index < -0.39 is 0 Å². The van der Waals surface area contributed by atoms with Crippen molar-refractivity contribution in [1.82, 2.24) is 10.3 Å². The average molecular weight is 353 g/mol. The molecule has 1 amide bonds. The smallest absolute Gasteiger partial charge is 0.270 e. The van der Waals surface area contributed by atoms with Crippen LogP contribution < -0.4 is 15.0 Å². The molecule has 0 saturated carbocycles. The number of morpholine rings is 1. The number of para-hydroxylation sites is 1. The van der Waals surface area contributed by atoms with Crippen LogP contribution in [0.1, 0.15) is 34.1 Å². The van der Waals surface area contributed by atoms with Crippen LogP contribution in [0.4, 0.5) is 5.69 Å². The summed E-state index contributed by atoms with van der Waals surface area (Å²) in [5.41, 5.74) is 3.58. The van der Waals surface area contributed by atoms with Crippen molar-refractivity contribution in [3.8, 4) is 5.75 Å². The third kappa shape index (κ3) is 3.37. The van der Waals surface area contributed by atoms with Crippen LogP contribution in [0.5, 0.6) is 5.75 Å². The minimum absolute atomic E-state index is 0.0556. The van der Waals surface area contributed by atoms with E-state index in [9.17, 15) is 4.79 Å². The van der Waals surface area contributed by atoms with Gasteiger partial charge in [0.15, 0.2) is 0 Å². The van der Waals surface area contributed by atoms with Gasteiger partial charge in [0.1, 0.15) is 11.4 Å². The summed E-state index contributed by atoms with van der Waals surface area (Å²) in [6.45, 7) is 5.71. The number of anilines is 1. The van der Waals surface area contributed by atoms with E-state index in [2.05, 4.69) is 15.2 Å². The van der Waals surface area contributed by atoms with Crippen LogP contribution in [0.3, 0.4) is 0 Å². The van der Waals surface area contributed by atoms with Gasteiger partial charge in [0.05, 0.1) is 25.9 Å². The predicted octanol–water partition coefficient (Wildman–Crippen LogP) is 2.48. The Labute approximate surface area is 153 Å². The molecule has 0 bridgehead atoms. The standard InChI is InChI=1S/C20H23N3O3/c1-14-3-2-4-16-17(6-10-26-19(14)16)22-20(24)18-13-15(5-7-21-18)23-8-11-25-12-9-23/h2-5,7,13,17H,6,8-12H2,1H3,(H,22,24)/t17-/m1/s1. The van der Waals surface area contributed by atoms with Gasteiger partial charge >= 0.3 is 0 Å². The molecule has 1 saturated heterocycles. The molecule has 4 rings (SSSR count). The van der Waals surface area contributed by atoms with Crippen molar-refractivity contribution >= 4 is 11.6 Å². The quantitative estimate of drug-likeness (QED) is 0.918. The molecule has 136 valence electrons. The van der Waals surface area contributed by atoms with Crippen LogP contribution in [0.25, 0.3) is 0 Å². The van der Waals surface area contributed by atoms with Gasteiger partial charge in [-0.1, -0.05) is 18.2 Å². The Morgan fingerprint density at radius 2 is 2.08 bits per heavy atom. The Morgan fingerprint density at radius 3 is 2.92 bits per heavy atom. The number of aryl methyl sites for hydroxylation is 1. The van der Waals surface area contributed by atoms with E-state index >= 15 is 0 Å². The first-order valence-electron chi connectivity index (χ1n) is 9.04. The fraction of sp³-hybridized carbons (Fsp3) is 0.400. The molecule has 6 heteroatoms. The van der Waals surface area contributed by atoms with E-state index in [1.807, 2.05) is 37.3 Å². The lowest BCUT2D eigenvalue weighted by atomic mass is 9.98. The summed E-state index contributed by atoms with van der Waals surface area (Å²) in [7, 11) is 0. The first kappa shape index (κ1) is 16.8. The topological polar surface area (TPSA) is 63.7 Å². The number of ether oxygens (including phenoxy) is 2. The number of amides is 1. The number of hydrogen-bond donors (Lipinski definition) is 1. The number of hydrogen-bond acceptors (Lipinski definition) is 5. The third-order valence-corrected chi connectivity index (χ3v) is 4.93. The lowest BCUT2D eigenvalue weighted by Gasteiger charge is -2.29. The highest BCUT2D eigenvalue weighted by Gasteiger charge is 2.25. The molecule has 1 aromatic carbocycles. The molecule has 0 radical (unpaired) electrons. The number of benzene rings is 1. The van der Waals surface area contributed by atoms with Gasteiger partial charge in [0.25, 0.3) is 5.91 Å². The Morgan fingerprint density at radius 1 is 1.23 bits per heavy atom. The molecule has 0 aliphatic carbocycles. The normalized spacial score (nSPS) is 19.4. The first-order chi connectivity index (χ1) is 12.7. The summed E-state index contributed by atoms with van der Waals surface area (Å²) in [4.78, 5) is 19.3. The minimum atomic E-state index is -0.153. The number of pyridine rings is 1. The number of nitrogens with zero attached hydrogens (tertiary/aromatic N) is 2. The zero-order chi connectivity index (χ0) is 17.9. The van der Waals surface area contributed by atoms with Crippen molar-refractivity contribution < 1.29 is 14.3 Å². The summed E-state index contributed by atoms with van der Waals surface area (Å²) >= 11 is 0. The lowest BCUT2D eigenvalue weighted by Crippen LogP contribution is -2.36. The maximum Gasteiger partial charge on any atom is 0.270 e. The molecule has 26 heavy (non-hydrogen) atoms. The van der Waals surface area contributed by atoms with Crippen molar-refractivity contribution in [2.75, 3.05) is 37.8 Å². The van der Waals surface area contributed by atoms with E-state index in [1.54, 1.807) is 6.20 Å². The molecule has 0 unspecified atom stereocenters. The van der Waals surface area contributed by atoms with Crippen molar-refractivity contribution in [3.05, 3.63) is 53.3 Å². The average Bonchev–Trinajstić information content (AvgIpc) is 2.69. The number of nitrogens with one attached hydrogen (secondary N) is 1. The second-order valence-corrected chi connectivity index (χ2v) is 6.66. The van der Waals surface area contributed by atoms with Gasteiger partial charge in [0.2, 0.25) is 0 Å². The van der Waals surface area contributed by atoms with Crippen molar-refractivity contribution in [1.29, 1.82) is 0 Å². The monoisotopic (exact) mass is 353 g/mol. The third-order valence-electron chi connectivity index (χ3n) is 4.93. The highest BCUT2D eigenvalue weighted by atomic mass is 16.5. The number of carbonyl (C=O) groups is 1. The Bertz CT molecular complexity index is 803. The van der Waals surface area contributed by atoms with Crippen molar-refractivity contribution in [2.45, 2.75) is 19.4 Å². The molecule has 1 fully saturated rings. The molecule has 6 nitrogen and oxygen atoms in total. The SMILES string of the molecule is Cc1cccc2c1OCC[C@H]2NC(=O)c1cc(N2CCOCC2)ccn1. The van der Waals surface area contributed by atoms with Crippen LogP contribution >= 0.6 is 0 Å². The number of aromatic nitrogens is 1. The molecule has 2 aliphatic heterocycles. The van der Waals surface area contributed by atoms with Crippen molar-refractivity contribution in [3.63, 3.8) is 0 Å². The molecular weight excluding hydrogens is 330 g/mol. The maximum absolute atomic E-state index is 12.8. The lowest BCUT2D eigenvalue weighted by molar-refractivity contribution is 0.0919. The van der Waals surface area contributed by atoms with Crippen LogP contribution in [-0.4, -0.2) is 43.8 Å². The largest absolute Gasteiger partial charge is 0.493 e. The Hall–Kier alpha value is -2.60. The van der Waals surface area contributed by atoms with E-state index in [0.29, 0.717) is 25.5 Å². The van der Waals surface area contributed by atoms with E-state index in [4.69, 9.17) is 9.47 Å². The minimum Gasteiger partial charge on any atom is -0.493 e. The van der Waals surface area contributed by atoms with Gasteiger partial charge in [0, 0.05) is 37.0 Å². The Balaban J connectivity index is 1.52. The van der Waals surface area contributed by atoms with Gasteiger partial charge < -0.3 is 19.7 Å². The zero-order valence-electron chi connectivity index (χ0n) is 14.9. The molecule has 1 N–H and O–H groups in total. The highest BCUT2D eigenvalue weighted by Crippen LogP contribution is 2.34. The van der Waals surface area contributed by atoms with Crippen LogP contribution in [0.2, 0.25) is 0 Å². The number of fused-ring (bicyclic) bond motifs is 1. The van der Waals surface area contributed by atoms with Crippen molar-refractivity contribution in [2.24, 2.45) is 0 Å². The van der Waals surface area contributed by atoms with E-state index in [1.165, 1.54) is 0 Å². The number of carbonyl (C=O) groups excluding carboxylic acids is 1. The molecular formula is C20H23N3O3. The first-order valence-corrected chi connectivity index (χ1v) is 9.04. The maximum atomic E-state index is 12.8. The summed E-state index contributed by atoms with van der Waals surface area (Å²) in [6, 6.07) is 9.78. The molecule has 1 aromatic heterocycles. The van der Waals surface area contributed by atoms with Gasteiger partial charge in [-0.05, 0) is 24.6 Å². The fourth-order valence-electron chi connectivity index (χ4n) is 3.52. The Kier molecular flexibility index (Phi) is 4.75. The van der Waals surface area contributed by atoms with Gasteiger partial charge in [-0.2, -0.15) is 0 Å². The van der Waals surface area contributed by atoms with Crippen LogP contribution in [0, 0.1) is 6.92 Å². The van der Waals surface area contributed by atoms with Gasteiger partial charge in [-0.3, -0.25) is 9.78 Å². The van der Waals surface area contributed by atoms with Gasteiger partial charge in [-0.25, -0.2) is 0 Å². The summed E-state index contributed by atoms with van der Waals surface area (Å²) in [5, 5.41) is 3.12. The van der Waals surface area contributed by atoms with Gasteiger partial charge in [-0.15, -0.1) is 0 Å². The predicted molar refractivity (Wildman–Crippen MR) is 98.8 cm³/mol. The van der Waals surface area contributed by atoms with E-state index in [0.717, 1.165) is 42.1 Å². The molecule has 0 spiro atoms. The van der Waals surface area contributed by atoms with E-state index in [-0.39, 0.29) is 11.9 Å². The second kappa shape index (κ2) is 7.33. The second-order valence-electron chi connectivity index (χ2n) is 6.66. The fourth-order valence-corrected chi connectivity index (χ4v) is 3.52. The molecule has 2 aliphatic rings. The molecule has 2 aromatic rings. The molecule has 3 heterocycles.